The number of fused-ring (bicyclic) bond motifs is 1. The number of amides is 1. The monoisotopic (exact) mass is 683 g/mol. The third kappa shape index (κ3) is 6.31. The molecule has 2 atom stereocenters. The number of nitrogens with one attached hydrogen (secondary N) is 2. The molecule has 4 heterocycles. The molecule has 0 radical (unpaired) electrons. The number of aryl methyl sites for hydroxylation is 2. The van der Waals surface area contributed by atoms with E-state index in [0.717, 1.165) is 10.2 Å². The van der Waals surface area contributed by atoms with Crippen molar-refractivity contribution in [2.75, 3.05) is 5.32 Å². The van der Waals surface area contributed by atoms with E-state index >= 15 is 0 Å². The minimum absolute atomic E-state index is 0.0902. The van der Waals surface area contributed by atoms with Gasteiger partial charge in [-0.1, -0.05) is 23.4 Å². The first-order chi connectivity index (χ1) is 22.5. The van der Waals surface area contributed by atoms with Crippen molar-refractivity contribution in [1.29, 1.82) is 0 Å². The number of carbonyl (C=O) groups excluding carboxylic acids is 1. The van der Waals surface area contributed by atoms with E-state index in [0.29, 0.717) is 41.8 Å². The van der Waals surface area contributed by atoms with Crippen LogP contribution in [0.4, 0.5) is 23.9 Å². The maximum Gasteiger partial charge on any atom is 0.419 e. The van der Waals surface area contributed by atoms with Crippen LogP contribution in [0.2, 0.25) is 0 Å². The second-order valence-corrected chi connectivity index (χ2v) is 14.3. The number of hydrogen-bond donors (Lipinski definition) is 2. The number of anilines is 1. The summed E-state index contributed by atoms with van der Waals surface area (Å²) in [6.07, 6.45) is -2.57. The van der Waals surface area contributed by atoms with Gasteiger partial charge in [0.2, 0.25) is 5.95 Å². The Morgan fingerprint density at radius 1 is 1.02 bits per heavy atom. The second kappa shape index (κ2) is 11.9. The van der Waals surface area contributed by atoms with E-state index in [4.69, 9.17) is 9.26 Å². The Hall–Kier alpha value is -4.99. The number of carbonyl (C=O) groups is 1. The van der Waals surface area contributed by atoms with Crippen molar-refractivity contribution < 1.29 is 35.6 Å². The van der Waals surface area contributed by atoms with Crippen LogP contribution >= 0.6 is 0 Å². The summed E-state index contributed by atoms with van der Waals surface area (Å²) in [6.45, 7) is 8.57. The van der Waals surface area contributed by atoms with Crippen molar-refractivity contribution in [3.05, 3.63) is 71.9 Å². The summed E-state index contributed by atoms with van der Waals surface area (Å²) >= 11 is 0. The fourth-order valence-electron chi connectivity index (χ4n) is 5.47. The molecule has 252 valence electrons. The molecule has 0 spiro atoms. The van der Waals surface area contributed by atoms with Gasteiger partial charge in [-0.05, 0) is 71.7 Å². The minimum Gasteiger partial charge on any atom is -0.444 e. The molecule has 0 saturated heterocycles. The largest absolute Gasteiger partial charge is 0.444 e. The first-order valence-corrected chi connectivity index (χ1v) is 16.4. The zero-order chi connectivity index (χ0) is 34.6. The number of nitrogens with zero attached hydrogens (tertiary/aromatic N) is 5. The van der Waals surface area contributed by atoms with Crippen molar-refractivity contribution in [3.63, 3.8) is 0 Å². The molecule has 16 heteroatoms. The highest BCUT2D eigenvalue weighted by Crippen LogP contribution is 2.41. The molecule has 6 rings (SSSR count). The van der Waals surface area contributed by atoms with Crippen LogP contribution in [0.25, 0.3) is 33.5 Å². The zero-order valence-corrected chi connectivity index (χ0v) is 27.4. The maximum atomic E-state index is 14.5. The molecule has 12 nitrogen and oxygen atoms in total. The number of alkyl carbamates (subject to hydrolysis) is 1. The van der Waals surface area contributed by atoms with Gasteiger partial charge >= 0.3 is 12.3 Å². The van der Waals surface area contributed by atoms with Gasteiger partial charge in [-0.2, -0.15) is 13.2 Å². The van der Waals surface area contributed by atoms with E-state index in [1.54, 1.807) is 46.8 Å². The Balaban J connectivity index is 1.47. The third-order valence-electron chi connectivity index (χ3n) is 7.85. The maximum absolute atomic E-state index is 14.5. The van der Waals surface area contributed by atoms with E-state index in [1.165, 1.54) is 30.3 Å². The van der Waals surface area contributed by atoms with E-state index in [2.05, 4.69) is 30.7 Å². The molecule has 1 aliphatic carbocycles. The van der Waals surface area contributed by atoms with Gasteiger partial charge in [0, 0.05) is 29.4 Å². The Labute approximate surface area is 273 Å². The molecule has 1 amide bonds. The highest BCUT2D eigenvalue weighted by atomic mass is 32.2. The molecular formula is C32H32F3N7O5S. The minimum atomic E-state index is -4.89. The molecule has 1 aliphatic rings. The van der Waals surface area contributed by atoms with Crippen LogP contribution < -0.4 is 10.6 Å². The summed E-state index contributed by atoms with van der Waals surface area (Å²) in [4.78, 5) is 25.1. The molecule has 4 aromatic heterocycles. The van der Waals surface area contributed by atoms with Gasteiger partial charge in [0.15, 0.2) is 5.65 Å². The number of halogens is 3. The fourth-order valence-corrected chi connectivity index (χ4v) is 6.81. The van der Waals surface area contributed by atoms with E-state index < -0.39 is 39.2 Å². The predicted molar refractivity (Wildman–Crippen MR) is 170 cm³/mol. The molecule has 0 unspecified atom stereocenters. The average molecular weight is 684 g/mol. The second-order valence-electron chi connectivity index (χ2n) is 12.5. The summed E-state index contributed by atoms with van der Waals surface area (Å²) < 4.78 is 82.8. The van der Waals surface area contributed by atoms with Gasteiger partial charge < -0.3 is 19.9 Å². The molecule has 48 heavy (non-hydrogen) atoms. The van der Waals surface area contributed by atoms with Gasteiger partial charge in [-0.15, -0.1) is 0 Å². The number of rotatable bonds is 7. The van der Waals surface area contributed by atoms with E-state index in [1.807, 2.05) is 0 Å². The van der Waals surface area contributed by atoms with Crippen LogP contribution in [-0.2, 0) is 20.9 Å². The van der Waals surface area contributed by atoms with Crippen molar-refractivity contribution in [1.82, 2.24) is 29.4 Å². The first kappa shape index (κ1) is 32.9. The lowest BCUT2D eigenvalue weighted by Gasteiger charge is -2.37. The Morgan fingerprint density at radius 3 is 2.33 bits per heavy atom. The normalized spacial score (nSPS) is 16.8. The molecule has 0 aliphatic heterocycles. The van der Waals surface area contributed by atoms with Crippen LogP contribution in [-0.4, -0.2) is 56.3 Å². The highest BCUT2D eigenvalue weighted by Gasteiger charge is 2.38. The van der Waals surface area contributed by atoms with Crippen LogP contribution in [0, 0.1) is 13.8 Å². The lowest BCUT2D eigenvalue weighted by atomic mass is 9.86. The number of benzene rings is 1. The van der Waals surface area contributed by atoms with Crippen molar-refractivity contribution in [2.45, 2.75) is 76.2 Å². The van der Waals surface area contributed by atoms with Gasteiger partial charge in [-0.3, -0.25) is 0 Å². The molecule has 1 aromatic carbocycles. The molecule has 2 N–H and O–H groups in total. The van der Waals surface area contributed by atoms with Gasteiger partial charge in [-0.25, -0.2) is 32.1 Å². The molecular weight excluding hydrogens is 651 g/mol. The van der Waals surface area contributed by atoms with Crippen LogP contribution in [0.1, 0.15) is 50.6 Å². The Morgan fingerprint density at radius 2 is 1.73 bits per heavy atom. The SMILES string of the molecule is Cc1noc(C)c1-c1ccc2c(-c3nc(N[C@H]4CC[C@@H]4NC(=O)OC(C)(C)C)ncc3C(F)(F)F)cn(S(=O)(=O)c3ccccc3)c2n1. The first-order valence-electron chi connectivity index (χ1n) is 15.0. The summed E-state index contributed by atoms with van der Waals surface area (Å²) in [5, 5.41) is 9.83. The standard InChI is InChI=1S/C32H32F3N7O5S/c1-17-26(18(2)47-41-17)25-12-11-20-21(16-42(28(20)37-25)48(44,45)19-9-7-6-8-10-19)27-22(32(33,34)35)15-36-29(40-27)38-23-13-14-24(23)39-30(43)46-31(3,4)5/h6-12,15-16,23-24H,13-14H2,1-5H3,(H,39,43)(H,36,38,40)/t23-,24-/m0/s1. The Kier molecular flexibility index (Phi) is 8.17. The highest BCUT2D eigenvalue weighted by molar-refractivity contribution is 7.90. The lowest BCUT2D eigenvalue weighted by Crippen LogP contribution is -2.54. The van der Waals surface area contributed by atoms with Crippen molar-refractivity contribution in [3.8, 4) is 22.5 Å². The van der Waals surface area contributed by atoms with Crippen molar-refractivity contribution in [2.24, 2.45) is 0 Å². The molecule has 5 aromatic rings. The van der Waals surface area contributed by atoms with Crippen LogP contribution in [0.5, 0.6) is 0 Å². The average Bonchev–Trinajstić information content (AvgIpc) is 3.56. The third-order valence-corrected chi connectivity index (χ3v) is 9.51. The summed E-state index contributed by atoms with van der Waals surface area (Å²) in [7, 11) is -4.34. The van der Waals surface area contributed by atoms with Gasteiger partial charge in [0.25, 0.3) is 10.0 Å². The van der Waals surface area contributed by atoms with E-state index in [9.17, 15) is 26.4 Å². The predicted octanol–water partition coefficient (Wildman–Crippen LogP) is 6.49. The van der Waals surface area contributed by atoms with Gasteiger partial charge in [0.05, 0.1) is 33.6 Å². The molecule has 0 bridgehead atoms. The van der Waals surface area contributed by atoms with E-state index in [-0.39, 0.29) is 39.5 Å². The topological polar surface area (TPSA) is 154 Å². The number of pyridine rings is 1. The number of alkyl halides is 3. The summed E-state index contributed by atoms with van der Waals surface area (Å²) in [5.74, 6) is 0.302. The van der Waals surface area contributed by atoms with Crippen LogP contribution in [0.3, 0.4) is 0 Å². The number of hydrogen-bond acceptors (Lipinski definition) is 10. The zero-order valence-electron chi connectivity index (χ0n) is 26.6. The number of aromatic nitrogens is 5. The summed E-state index contributed by atoms with van der Waals surface area (Å²) in [6, 6.07) is 9.79. The molecule has 1 fully saturated rings. The van der Waals surface area contributed by atoms with Crippen molar-refractivity contribution >= 4 is 33.1 Å². The molecule has 1 saturated carbocycles. The quantitative estimate of drug-likeness (QED) is 0.195. The number of ether oxygens (including phenoxy) is 1. The smallest absolute Gasteiger partial charge is 0.419 e. The fraction of sp³-hybridized carbons (Fsp3) is 0.344. The summed E-state index contributed by atoms with van der Waals surface area (Å²) in [5.41, 5.74) is -1.32. The lowest BCUT2D eigenvalue weighted by molar-refractivity contribution is -0.137. The Bertz CT molecular complexity index is 2100. The van der Waals surface area contributed by atoms with Gasteiger partial charge in [0.1, 0.15) is 16.9 Å². The van der Waals surface area contributed by atoms with Crippen LogP contribution in [0.15, 0.2) is 64.3 Å².